The average Bonchev–Trinajstić information content (AvgIpc) is 3.02. The molecule has 0 atom stereocenters. The first kappa shape index (κ1) is 12.6. The molecule has 0 amide bonds. The highest BCUT2D eigenvalue weighted by atomic mass is 79.9. The van der Waals surface area contributed by atoms with Gasteiger partial charge in [-0.3, -0.25) is 4.68 Å². The number of pyridine rings is 1. The molecule has 0 N–H and O–H groups in total. The van der Waals surface area contributed by atoms with Crippen molar-refractivity contribution in [1.82, 2.24) is 29.5 Å². The summed E-state index contributed by atoms with van der Waals surface area (Å²) in [5, 5.41) is 7.72. The molecule has 0 saturated heterocycles. The van der Waals surface area contributed by atoms with Gasteiger partial charge in [0, 0.05) is 23.4 Å². The highest BCUT2D eigenvalue weighted by molar-refractivity contribution is 9.10. The Morgan fingerprint density at radius 1 is 1.32 bits per heavy atom. The quantitative estimate of drug-likeness (QED) is 0.683. The van der Waals surface area contributed by atoms with E-state index in [9.17, 15) is 0 Å². The van der Waals surface area contributed by atoms with Gasteiger partial charge in [-0.25, -0.2) is 9.97 Å². The van der Waals surface area contributed by atoms with E-state index in [0.717, 1.165) is 21.5 Å². The van der Waals surface area contributed by atoms with Gasteiger partial charge in [0.15, 0.2) is 5.65 Å². The van der Waals surface area contributed by atoms with Gasteiger partial charge in [-0.05, 0) is 22.0 Å². The first-order chi connectivity index (χ1) is 9.28. The summed E-state index contributed by atoms with van der Waals surface area (Å²) in [6.45, 7) is 1.41. The second kappa shape index (κ2) is 5.26. The second-order valence-electron chi connectivity index (χ2n) is 3.98. The van der Waals surface area contributed by atoms with Crippen molar-refractivity contribution in [3.63, 3.8) is 0 Å². The topological polar surface area (TPSA) is 61.4 Å². The Labute approximate surface area is 122 Å². The number of halogens is 2. The van der Waals surface area contributed by atoms with E-state index in [0.29, 0.717) is 19.0 Å². The van der Waals surface area contributed by atoms with Crippen LogP contribution in [0.2, 0.25) is 0 Å². The molecule has 0 radical (unpaired) electrons. The predicted molar refractivity (Wildman–Crippen MR) is 74.8 cm³/mol. The fourth-order valence-corrected chi connectivity index (χ4v) is 2.45. The van der Waals surface area contributed by atoms with E-state index in [1.807, 2.05) is 16.8 Å². The van der Waals surface area contributed by atoms with Gasteiger partial charge in [0.1, 0.15) is 11.3 Å². The summed E-state index contributed by atoms with van der Waals surface area (Å²) in [4.78, 5) is 8.88. The minimum absolute atomic E-state index is 0.353. The van der Waals surface area contributed by atoms with Gasteiger partial charge in [0.25, 0.3) is 0 Å². The van der Waals surface area contributed by atoms with Crippen LogP contribution >= 0.6 is 27.5 Å². The number of aromatic nitrogens is 6. The molecule has 3 aromatic heterocycles. The minimum Gasteiger partial charge on any atom is -0.310 e. The summed E-state index contributed by atoms with van der Waals surface area (Å²) in [6, 6.07) is 1.93. The summed E-state index contributed by atoms with van der Waals surface area (Å²) >= 11 is 9.34. The molecule has 0 fully saturated rings. The Morgan fingerprint density at radius 3 is 2.95 bits per heavy atom. The van der Waals surface area contributed by atoms with Crippen LogP contribution in [0.15, 0.2) is 29.1 Å². The van der Waals surface area contributed by atoms with E-state index in [4.69, 9.17) is 11.6 Å². The third-order valence-electron chi connectivity index (χ3n) is 2.77. The van der Waals surface area contributed by atoms with Gasteiger partial charge in [-0.15, -0.1) is 16.7 Å². The number of hydrogen-bond acceptors (Lipinski definition) is 4. The van der Waals surface area contributed by atoms with Crippen molar-refractivity contribution in [3.8, 4) is 0 Å². The van der Waals surface area contributed by atoms with Crippen molar-refractivity contribution >= 4 is 38.7 Å². The van der Waals surface area contributed by atoms with Crippen LogP contribution < -0.4 is 0 Å². The molecule has 6 nitrogen and oxygen atoms in total. The smallest absolute Gasteiger partial charge is 0.160 e. The van der Waals surface area contributed by atoms with Crippen LogP contribution in [0.4, 0.5) is 0 Å². The Bertz CT molecular complexity index is 693. The number of rotatable bonds is 4. The van der Waals surface area contributed by atoms with Crippen LogP contribution in [0.3, 0.4) is 0 Å². The van der Waals surface area contributed by atoms with Gasteiger partial charge in [-0.1, -0.05) is 5.21 Å². The SMILES string of the molecule is ClCc1nc2cc(Br)cnc2n1CCn1ccnn1. The highest BCUT2D eigenvalue weighted by Crippen LogP contribution is 2.19. The molecule has 0 bridgehead atoms. The molecule has 0 aliphatic heterocycles. The molecule has 98 valence electrons. The van der Waals surface area contributed by atoms with Gasteiger partial charge in [0.05, 0.1) is 18.6 Å². The monoisotopic (exact) mass is 340 g/mol. The summed E-state index contributed by atoms with van der Waals surface area (Å²) in [7, 11) is 0. The van der Waals surface area contributed by atoms with E-state index in [1.165, 1.54) is 0 Å². The number of nitrogens with zero attached hydrogens (tertiary/aromatic N) is 6. The summed E-state index contributed by atoms with van der Waals surface area (Å²) in [5.74, 6) is 1.16. The zero-order chi connectivity index (χ0) is 13.2. The number of hydrogen-bond donors (Lipinski definition) is 0. The summed E-state index contributed by atoms with van der Waals surface area (Å²) in [6.07, 6.45) is 5.24. The second-order valence-corrected chi connectivity index (χ2v) is 5.16. The van der Waals surface area contributed by atoms with Gasteiger partial charge in [-0.2, -0.15) is 0 Å². The fraction of sp³-hybridized carbons (Fsp3) is 0.273. The van der Waals surface area contributed by atoms with Crippen LogP contribution in [0.25, 0.3) is 11.2 Å². The first-order valence-corrected chi connectivity index (χ1v) is 7.01. The van der Waals surface area contributed by atoms with Crippen molar-refractivity contribution in [2.75, 3.05) is 0 Å². The molecule has 0 aromatic carbocycles. The molecule has 3 rings (SSSR count). The van der Waals surface area contributed by atoms with E-state index < -0.39 is 0 Å². The molecule has 3 heterocycles. The Balaban J connectivity index is 1.96. The average molecular weight is 342 g/mol. The Morgan fingerprint density at radius 2 is 2.21 bits per heavy atom. The minimum atomic E-state index is 0.353. The normalized spacial score (nSPS) is 11.3. The van der Waals surface area contributed by atoms with Crippen molar-refractivity contribution in [3.05, 3.63) is 35.0 Å². The number of alkyl halides is 1. The van der Waals surface area contributed by atoms with Crippen molar-refractivity contribution in [1.29, 1.82) is 0 Å². The van der Waals surface area contributed by atoms with Crippen molar-refractivity contribution in [2.45, 2.75) is 19.0 Å². The largest absolute Gasteiger partial charge is 0.310 e. The van der Waals surface area contributed by atoms with E-state index in [-0.39, 0.29) is 0 Å². The number of imidazole rings is 1. The Kier molecular flexibility index (Phi) is 3.48. The lowest BCUT2D eigenvalue weighted by atomic mass is 10.4. The lowest BCUT2D eigenvalue weighted by Gasteiger charge is -2.06. The molecule has 8 heteroatoms. The van der Waals surface area contributed by atoms with E-state index in [2.05, 4.69) is 36.2 Å². The van der Waals surface area contributed by atoms with Crippen LogP contribution in [-0.4, -0.2) is 29.5 Å². The van der Waals surface area contributed by atoms with Gasteiger partial charge >= 0.3 is 0 Å². The van der Waals surface area contributed by atoms with E-state index in [1.54, 1.807) is 17.1 Å². The van der Waals surface area contributed by atoms with Crippen LogP contribution in [0.5, 0.6) is 0 Å². The molecular weight excluding hydrogens is 332 g/mol. The third kappa shape index (κ3) is 2.48. The molecule has 0 aliphatic rings. The van der Waals surface area contributed by atoms with Crippen molar-refractivity contribution in [2.24, 2.45) is 0 Å². The zero-order valence-corrected chi connectivity index (χ0v) is 12.2. The van der Waals surface area contributed by atoms with Crippen LogP contribution in [0, 0.1) is 0 Å². The molecule has 0 spiro atoms. The zero-order valence-electron chi connectivity index (χ0n) is 9.87. The van der Waals surface area contributed by atoms with E-state index >= 15 is 0 Å². The third-order valence-corrected chi connectivity index (χ3v) is 3.45. The first-order valence-electron chi connectivity index (χ1n) is 5.68. The summed E-state index contributed by atoms with van der Waals surface area (Å²) < 4.78 is 4.68. The molecule has 0 aliphatic carbocycles. The lowest BCUT2D eigenvalue weighted by Crippen LogP contribution is -2.10. The lowest BCUT2D eigenvalue weighted by molar-refractivity contribution is 0.517. The maximum absolute atomic E-state index is 5.95. The molecule has 19 heavy (non-hydrogen) atoms. The number of fused-ring (bicyclic) bond motifs is 1. The standard InChI is InChI=1S/C11H10BrClN6/c12-8-5-9-11(14-7-8)19(10(6-13)16-9)4-3-18-2-1-15-17-18/h1-2,5,7H,3-4,6H2. The van der Waals surface area contributed by atoms with Crippen LogP contribution in [-0.2, 0) is 19.0 Å². The maximum atomic E-state index is 5.95. The van der Waals surface area contributed by atoms with Crippen LogP contribution in [0.1, 0.15) is 5.82 Å². The predicted octanol–water partition coefficient (Wildman–Crippen LogP) is 2.22. The van der Waals surface area contributed by atoms with Gasteiger partial charge in [0.2, 0.25) is 0 Å². The maximum Gasteiger partial charge on any atom is 0.160 e. The molecular formula is C11H10BrClN6. The van der Waals surface area contributed by atoms with Crippen molar-refractivity contribution < 1.29 is 0 Å². The Hall–Kier alpha value is -1.47. The fourth-order valence-electron chi connectivity index (χ4n) is 1.92. The molecule has 3 aromatic rings. The molecule has 0 saturated carbocycles. The highest BCUT2D eigenvalue weighted by Gasteiger charge is 2.11. The summed E-state index contributed by atoms with van der Waals surface area (Å²) in [5.41, 5.74) is 1.67. The van der Waals surface area contributed by atoms with Gasteiger partial charge < -0.3 is 4.57 Å². The molecule has 0 unspecified atom stereocenters. The number of aryl methyl sites for hydroxylation is 2.